The fourth-order valence-electron chi connectivity index (χ4n) is 1.99. The Bertz CT molecular complexity index is 421. The van der Waals surface area contributed by atoms with Gasteiger partial charge in [-0.1, -0.05) is 20.3 Å². The van der Waals surface area contributed by atoms with Crippen LogP contribution in [0.5, 0.6) is 5.75 Å². The van der Waals surface area contributed by atoms with E-state index in [0.717, 1.165) is 24.9 Å². The molecule has 19 heavy (non-hydrogen) atoms. The average molecular weight is 266 g/mol. The van der Waals surface area contributed by atoms with Crippen LogP contribution in [0.4, 0.5) is 11.4 Å². The topological polar surface area (TPSA) is 64.4 Å². The molecule has 1 rings (SSSR count). The van der Waals surface area contributed by atoms with Crippen LogP contribution in [0.25, 0.3) is 0 Å². The van der Waals surface area contributed by atoms with E-state index in [4.69, 9.17) is 4.74 Å². The van der Waals surface area contributed by atoms with Crippen molar-refractivity contribution in [3.05, 3.63) is 28.3 Å². The van der Waals surface area contributed by atoms with E-state index in [1.54, 1.807) is 12.1 Å². The molecule has 0 fully saturated rings. The third kappa shape index (κ3) is 4.43. The molecule has 1 aromatic rings. The zero-order valence-electron chi connectivity index (χ0n) is 11.8. The van der Waals surface area contributed by atoms with Gasteiger partial charge >= 0.3 is 5.69 Å². The molecule has 1 unspecified atom stereocenters. The summed E-state index contributed by atoms with van der Waals surface area (Å²) < 4.78 is 5.33. The van der Waals surface area contributed by atoms with Crippen molar-refractivity contribution in [2.24, 2.45) is 0 Å². The maximum Gasteiger partial charge on any atom is 0.311 e. The first-order valence-electron chi connectivity index (χ1n) is 6.80. The highest BCUT2D eigenvalue weighted by molar-refractivity contribution is 5.58. The number of nitro groups is 1. The first-order valence-corrected chi connectivity index (χ1v) is 6.80. The minimum Gasteiger partial charge on any atom is -0.487 e. The molecule has 0 aromatic heterocycles. The number of hydrogen-bond donors (Lipinski definition) is 1. The summed E-state index contributed by atoms with van der Waals surface area (Å²) in [4.78, 5) is 10.5. The van der Waals surface area contributed by atoms with Gasteiger partial charge in [0.2, 0.25) is 0 Å². The molecule has 0 heterocycles. The van der Waals surface area contributed by atoms with Crippen molar-refractivity contribution >= 4 is 11.4 Å². The molecule has 0 aliphatic heterocycles. The van der Waals surface area contributed by atoms with Crippen LogP contribution < -0.4 is 10.1 Å². The fourth-order valence-corrected chi connectivity index (χ4v) is 1.99. The second kappa shape index (κ2) is 7.61. The minimum atomic E-state index is -0.419. The number of nitrogens with one attached hydrogen (secondary N) is 1. The molecule has 0 saturated carbocycles. The standard InChI is InChI=1S/C14H22N2O3/c1-4-7-11(5-2)15-12-8-9-13(16(17)18)14(10-12)19-6-3/h8-11,15H,4-7H2,1-3H3. The molecular weight excluding hydrogens is 244 g/mol. The van der Waals surface area contributed by atoms with Crippen LogP contribution in [0.2, 0.25) is 0 Å². The van der Waals surface area contributed by atoms with E-state index in [0.29, 0.717) is 18.4 Å². The van der Waals surface area contributed by atoms with Gasteiger partial charge in [-0.3, -0.25) is 10.1 Å². The first-order chi connectivity index (χ1) is 9.12. The number of benzene rings is 1. The fraction of sp³-hybridized carbons (Fsp3) is 0.571. The second-order valence-electron chi connectivity index (χ2n) is 4.41. The quantitative estimate of drug-likeness (QED) is 0.571. The van der Waals surface area contributed by atoms with Crippen molar-refractivity contribution < 1.29 is 9.66 Å². The van der Waals surface area contributed by atoms with E-state index >= 15 is 0 Å². The Balaban J connectivity index is 2.91. The van der Waals surface area contributed by atoms with E-state index in [1.807, 2.05) is 6.92 Å². The van der Waals surface area contributed by atoms with E-state index < -0.39 is 4.92 Å². The first kappa shape index (κ1) is 15.3. The Morgan fingerprint density at radius 2 is 2.11 bits per heavy atom. The number of ether oxygens (including phenoxy) is 1. The van der Waals surface area contributed by atoms with Gasteiger partial charge in [-0.05, 0) is 25.8 Å². The van der Waals surface area contributed by atoms with E-state index in [2.05, 4.69) is 19.2 Å². The van der Waals surface area contributed by atoms with Gasteiger partial charge in [-0.15, -0.1) is 0 Å². The van der Waals surface area contributed by atoms with Crippen LogP contribution in [0.3, 0.4) is 0 Å². The summed E-state index contributed by atoms with van der Waals surface area (Å²) in [5, 5.41) is 14.3. The van der Waals surface area contributed by atoms with Crippen LogP contribution in [-0.4, -0.2) is 17.6 Å². The summed E-state index contributed by atoms with van der Waals surface area (Å²) in [6, 6.07) is 5.33. The molecule has 5 nitrogen and oxygen atoms in total. The Hall–Kier alpha value is -1.78. The molecule has 0 aliphatic rings. The average Bonchev–Trinajstić information content (AvgIpc) is 2.38. The van der Waals surface area contributed by atoms with Gasteiger partial charge in [-0.2, -0.15) is 0 Å². The summed E-state index contributed by atoms with van der Waals surface area (Å²) in [6.07, 6.45) is 3.21. The SMILES string of the molecule is CCCC(CC)Nc1ccc([N+](=O)[O-])c(OCC)c1. The second-order valence-corrected chi connectivity index (χ2v) is 4.41. The maximum absolute atomic E-state index is 10.9. The van der Waals surface area contributed by atoms with Gasteiger partial charge in [0, 0.05) is 23.9 Å². The van der Waals surface area contributed by atoms with Gasteiger partial charge < -0.3 is 10.1 Å². The molecule has 0 aliphatic carbocycles. The van der Waals surface area contributed by atoms with Crippen LogP contribution in [0.15, 0.2) is 18.2 Å². The maximum atomic E-state index is 10.9. The van der Waals surface area contributed by atoms with Crippen LogP contribution in [-0.2, 0) is 0 Å². The highest BCUT2D eigenvalue weighted by Crippen LogP contribution is 2.30. The van der Waals surface area contributed by atoms with Crippen molar-refractivity contribution in [3.8, 4) is 5.75 Å². The molecule has 106 valence electrons. The number of nitrogens with zero attached hydrogens (tertiary/aromatic N) is 1. The third-order valence-corrected chi connectivity index (χ3v) is 2.96. The lowest BCUT2D eigenvalue weighted by atomic mass is 10.1. The molecule has 5 heteroatoms. The Morgan fingerprint density at radius 3 is 2.63 bits per heavy atom. The highest BCUT2D eigenvalue weighted by atomic mass is 16.6. The molecule has 1 atom stereocenters. The predicted molar refractivity (Wildman–Crippen MR) is 76.9 cm³/mol. The van der Waals surface area contributed by atoms with Gasteiger partial charge in [0.1, 0.15) is 0 Å². The molecule has 0 bridgehead atoms. The molecule has 0 spiro atoms. The third-order valence-electron chi connectivity index (χ3n) is 2.96. The largest absolute Gasteiger partial charge is 0.487 e. The molecule has 0 radical (unpaired) electrons. The molecular formula is C14H22N2O3. The minimum absolute atomic E-state index is 0.0101. The van der Waals surface area contributed by atoms with Crippen LogP contribution >= 0.6 is 0 Å². The monoisotopic (exact) mass is 266 g/mol. The van der Waals surface area contributed by atoms with Crippen molar-refractivity contribution in [1.29, 1.82) is 0 Å². The number of hydrogen-bond acceptors (Lipinski definition) is 4. The zero-order chi connectivity index (χ0) is 14.3. The Morgan fingerprint density at radius 1 is 1.37 bits per heavy atom. The molecule has 1 N–H and O–H groups in total. The van der Waals surface area contributed by atoms with Crippen molar-refractivity contribution in [3.63, 3.8) is 0 Å². The van der Waals surface area contributed by atoms with Crippen molar-refractivity contribution in [1.82, 2.24) is 0 Å². The predicted octanol–water partition coefficient (Wildman–Crippen LogP) is 3.98. The van der Waals surface area contributed by atoms with Crippen molar-refractivity contribution in [2.45, 2.75) is 46.1 Å². The molecule has 0 amide bonds. The lowest BCUT2D eigenvalue weighted by Gasteiger charge is -2.18. The van der Waals surface area contributed by atoms with E-state index in [-0.39, 0.29) is 5.69 Å². The summed E-state index contributed by atoms with van der Waals surface area (Å²) in [7, 11) is 0. The lowest BCUT2D eigenvalue weighted by Crippen LogP contribution is -2.17. The summed E-state index contributed by atoms with van der Waals surface area (Å²) in [5.74, 6) is 0.323. The summed E-state index contributed by atoms with van der Waals surface area (Å²) >= 11 is 0. The smallest absolute Gasteiger partial charge is 0.311 e. The van der Waals surface area contributed by atoms with E-state index in [1.165, 1.54) is 6.07 Å². The summed E-state index contributed by atoms with van der Waals surface area (Å²) in [6.45, 7) is 6.50. The normalized spacial score (nSPS) is 11.9. The van der Waals surface area contributed by atoms with Gasteiger partial charge in [0.25, 0.3) is 0 Å². The van der Waals surface area contributed by atoms with Gasteiger partial charge in [0.15, 0.2) is 5.75 Å². The van der Waals surface area contributed by atoms with Crippen LogP contribution in [0, 0.1) is 10.1 Å². The zero-order valence-corrected chi connectivity index (χ0v) is 11.8. The number of rotatable bonds is 8. The van der Waals surface area contributed by atoms with Crippen molar-refractivity contribution in [2.75, 3.05) is 11.9 Å². The lowest BCUT2D eigenvalue weighted by molar-refractivity contribution is -0.385. The number of anilines is 1. The van der Waals surface area contributed by atoms with Crippen LogP contribution in [0.1, 0.15) is 40.0 Å². The highest BCUT2D eigenvalue weighted by Gasteiger charge is 2.16. The Labute approximate surface area is 114 Å². The van der Waals surface area contributed by atoms with Gasteiger partial charge in [-0.25, -0.2) is 0 Å². The van der Waals surface area contributed by atoms with Gasteiger partial charge in [0.05, 0.1) is 11.5 Å². The Kier molecular flexibility index (Phi) is 6.12. The van der Waals surface area contributed by atoms with E-state index in [9.17, 15) is 10.1 Å². The molecule has 0 saturated heterocycles. The number of nitro benzene ring substituents is 1. The summed E-state index contributed by atoms with van der Waals surface area (Å²) in [5.41, 5.74) is 0.880. The molecule has 1 aromatic carbocycles.